The highest BCUT2D eigenvalue weighted by molar-refractivity contribution is 8.00. The first-order valence-electron chi connectivity index (χ1n) is 9.32. The molecule has 2 aromatic carbocycles. The second-order valence-electron chi connectivity index (χ2n) is 6.41. The van der Waals surface area contributed by atoms with Crippen LogP contribution in [0.1, 0.15) is 6.92 Å². The monoisotopic (exact) mass is 436 g/mol. The molecule has 1 unspecified atom stereocenters. The first-order valence-corrected chi connectivity index (χ1v) is 11.1. The zero-order valence-corrected chi connectivity index (χ0v) is 18.1. The predicted molar refractivity (Wildman–Crippen MR) is 122 cm³/mol. The number of benzene rings is 2. The number of methoxy groups -OCH3 is 1. The van der Waals surface area contributed by atoms with Crippen molar-refractivity contribution in [2.75, 3.05) is 12.4 Å². The van der Waals surface area contributed by atoms with Crippen molar-refractivity contribution in [2.24, 2.45) is 0 Å². The summed E-state index contributed by atoms with van der Waals surface area (Å²) in [6.45, 7) is 1.86. The normalized spacial score (nSPS) is 11.8. The van der Waals surface area contributed by atoms with Gasteiger partial charge in [-0.1, -0.05) is 48.2 Å². The van der Waals surface area contributed by atoms with E-state index < -0.39 is 0 Å². The largest absolute Gasteiger partial charge is 0.495 e. The number of aromatic nitrogens is 3. The van der Waals surface area contributed by atoms with Crippen LogP contribution in [0.4, 0.5) is 5.69 Å². The summed E-state index contributed by atoms with van der Waals surface area (Å²) in [4.78, 5) is 13.7. The van der Waals surface area contributed by atoms with Crippen molar-refractivity contribution in [2.45, 2.75) is 17.3 Å². The Morgan fingerprint density at radius 2 is 1.83 bits per heavy atom. The van der Waals surface area contributed by atoms with Crippen LogP contribution in [0.2, 0.25) is 0 Å². The summed E-state index contributed by atoms with van der Waals surface area (Å²) in [5, 5.41) is 14.0. The summed E-state index contributed by atoms with van der Waals surface area (Å²) >= 11 is 2.94. The Morgan fingerprint density at radius 3 is 2.57 bits per heavy atom. The number of nitrogens with one attached hydrogen (secondary N) is 1. The molecule has 0 aliphatic heterocycles. The van der Waals surface area contributed by atoms with E-state index in [0.29, 0.717) is 16.7 Å². The summed E-state index contributed by atoms with van der Waals surface area (Å²) in [5.41, 5.74) is 1.59. The highest BCUT2D eigenvalue weighted by atomic mass is 32.2. The maximum absolute atomic E-state index is 12.7. The number of anilines is 1. The number of ether oxygens (including phenoxy) is 1. The molecule has 1 atom stereocenters. The molecule has 2 heterocycles. The molecule has 152 valence electrons. The molecular weight excluding hydrogens is 416 g/mol. The van der Waals surface area contributed by atoms with Crippen LogP contribution in [0.3, 0.4) is 0 Å². The van der Waals surface area contributed by atoms with Gasteiger partial charge in [-0.15, -0.1) is 21.5 Å². The van der Waals surface area contributed by atoms with Crippen molar-refractivity contribution >= 4 is 34.7 Å². The maximum atomic E-state index is 12.7. The van der Waals surface area contributed by atoms with E-state index in [9.17, 15) is 4.79 Å². The average Bonchev–Trinajstić information content (AvgIpc) is 3.44. The van der Waals surface area contributed by atoms with Crippen molar-refractivity contribution < 1.29 is 9.53 Å². The van der Waals surface area contributed by atoms with Gasteiger partial charge in [-0.3, -0.25) is 9.36 Å². The maximum Gasteiger partial charge on any atom is 0.237 e. The zero-order chi connectivity index (χ0) is 20.9. The van der Waals surface area contributed by atoms with E-state index in [1.54, 1.807) is 18.4 Å². The van der Waals surface area contributed by atoms with Crippen molar-refractivity contribution in [1.82, 2.24) is 14.8 Å². The van der Waals surface area contributed by atoms with Gasteiger partial charge in [0.15, 0.2) is 11.0 Å². The number of thioether (sulfide) groups is 1. The Bertz CT molecular complexity index is 1130. The number of carbonyl (C=O) groups excluding carboxylic acids is 1. The van der Waals surface area contributed by atoms with Crippen LogP contribution in [0.5, 0.6) is 5.75 Å². The lowest BCUT2D eigenvalue weighted by atomic mass is 10.3. The number of hydrogen-bond donors (Lipinski definition) is 1. The van der Waals surface area contributed by atoms with Gasteiger partial charge in [-0.05, 0) is 42.6 Å². The third-order valence-electron chi connectivity index (χ3n) is 4.39. The molecule has 0 bridgehead atoms. The third-order valence-corrected chi connectivity index (χ3v) is 6.30. The Kier molecular flexibility index (Phi) is 6.15. The molecule has 0 fully saturated rings. The molecule has 0 saturated heterocycles. The zero-order valence-electron chi connectivity index (χ0n) is 16.5. The van der Waals surface area contributed by atoms with Crippen molar-refractivity contribution in [3.8, 4) is 22.1 Å². The topological polar surface area (TPSA) is 69.0 Å². The smallest absolute Gasteiger partial charge is 0.237 e. The number of carbonyl (C=O) groups is 1. The van der Waals surface area contributed by atoms with E-state index in [-0.39, 0.29) is 11.2 Å². The number of thiophene rings is 1. The Labute approximate surface area is 182 Å². The van der Waals surface area contributed by atoms with Crippen molar-refractivity contribution in [1.29, 1.82) is 0 Å². The van der Waals surface area contributed by atoms with Crippen LogP contribution in [0, 0.1) is 0 Å². The summed E-state index contributed by atoms with van der Waals surface area (Å²) in [5.74, 6) is 1.32. The van der Waals surface area contributed by atoms with Crippen LogP contribution >= 0.6 is 23.1 Å². The molecule has 2 aromatic heterocycles. The molecule has 8 heteroatoms. The molecule has 4 aromatic rings. The van der Waals surface area contributed by atoms with Gasteiger partial charge >= 0.3 is 0 Å². The van der Waals surface area contributed by atoms with Gasteiger partial charge in [-0.2, -0.15) is 0 Å². The van der Waals surface area contributed by atoms with Crippen LogP contribution in [-0.2, 0) is 4.79 Å². The van der Waals surface area contributed by atoms with Crippen LogP contribution in [0.15, 0.2) is 77.3 Å². The average molecular weight is 437 g/mol. The van der Waals surface area contributed by atoms with Crippen LogP contribution < -0.4 is 10.1 Å². The summed E-state index contributed by atoms with van der Waals surface area (Å²) in [6, 6.07) is 21.1. The molecule has 0 radical (unpaired) electrons. The van der Waals surface area contributed by atoms with Crippen LogP contribution in [-0.4, -0.2) is 33.0 Å². The second-order valence-corrected chi connectivity index (χ2v) is 8.66. The molecule has 0 aliphatic rings. The Balaban J connectivity index is 1.67. The fourth-order valence-electron chi connectivity index (χ4n) is 2.92. The number of amides is 1. The SMILES string of the molecule is COc1ccccc1-n1c(SC(C)C(=O)Nc2ccccc2)nnc1-c1cccs1. The highest BCUT2D eigenvalue weighted by Crippen LogP contribution is 2.35. The molecule has 4 rings (SSSR count). The summed E-state index contributed by atoms with van der Waals surface area (Å²) < 4.78 is 7.51. The minimum absolute atomic E-state index is 0.0987. The minimum Gasteiger partial charge on any atom is -0.495 e. The van der Waals surface area contributed by atoms with E-state index in [2.05, 4.69) is 15.5 Å². The van der Waals surface area contributed by atoms with Gasteiger partial charge in [0.25, 0.3) is 0 Å². The molecule has 0 spiro atoms. The Hall–Kier alpha value is -3.10. The van der Waals surface area contributed by atoms with E-state index in [1.807, 2.05) is 83.6 Å². The predicted octanol–water partition coefficient (Wildman–Crippen LogP) is 5.12. The number of para-hydroxylation sites is 3. The van der Waals surface area contributed by atoms with Gasteiger partial charge in [0.2, 0.25) is 5.91 Å². The summed E-state index contributed by atoms with van der Waals surface area (Å²) in [6.07, 6.45) is 0. The van der Waals surface area contributed by atoms with Gasteiger partial charge in [0.05, 0.1) is 22.9 Å². The lowest BCUT2D eigenvalue weighted by Gasteiger charge is -2.15. The summed E-state index contributed by atoms with van der Waals surface area (Å²) in [7, 11) is 1.64. The molecule has 30 heavy (non-hydrogen) atoms. The van der Waals surface area contributed by atoms with Gasteiger partial charge in [0, 0.05) is 5.69 Å². The first kappa shape index (κ1) is 20.2. The van der Waals surface area contributed by atoms with Gasteiger partial charge < -0.3 is 10.1 Å². The quantitative estimate of drug-likeness (QED) is 0.407. The number of hydrogen-bond acceptors (Lipinski definition) is 6. The van der Waals surface area contributed by atoms with E-state index in [1.165, 1.54) is 11.8 Å². The van der Waals surface area contributed by atoms with E-state index in [0.717, 1.165) is 16.3 Å². The minimum atomic E-state index is -0.376. The molecule has 0 saturated carbocycles. The number of rotatable bonds is 7. The lowest BCUT2D eigenvalue weighted by molar-refractivity contribution is -0.115. The molecule has 1 amide bonds. The fraction of sp³-hybridized carbons (Fsp3) is 0.136. The second kappa shape index (κ2) is 9.15. The van der Waals surface area contributed by atoms with Crippen molar-refractivity contribution in [3.63, 3.8) is 0 Å². The first-order chi connectivity index (χ1) is 14.7. The number of nitrogens with zero attached hydrogens (tertiary/aromatic N) is 3. The standard InChI is InChI=1S/C22H20N4O2S2/c1-15(21(27)23-16-9-4-3-5-10-16)30-22-25-24-20(19-13-8-14-29-19)26(22)17-11-6-7-12-18(17)28-2/h3-15H,1-2H3,(H,23,27). The third kappa shape index (κ3) is 4.24. The molecule has 0 aliphatic carbocycles. The lowest BCUT2D eigenvalue weighted by Crippen LogP contribution is -2.22. The van der Waals surface area contributed by atoms with E-state index >= 15 is 0 Å². The molecule has 6 nitrogen and oxygen atoms in total. The van der Waals surface area contributed by atoms with Gasteiger partial charge in [-0.25, -0.2) is 0 Å². The van der Waals surface area contributed by atoms with Gasteiger partial charge in [0.1, 0.15) is 5.75 Å². The molecule has 1 N–H and O–H groups in total. The highest BCUT2D eigenvalue weighted by Gasteiger charge is 2.23. The van der Waals surface area contributed by atoms with E-state index in [4.69, 9.17) is 4.74 Å². The fourth-order valence-corrected chi connectivity index (χ4v) is 4.48. The molecular formula is C22H20N4O2S2. The Morgan fingerprint density at radius 1 is 1.07 bits per heavy atom. The van der Waals surface area contributed by atoms with Crippen molar-refractivity contribution in [3.05, 3.63) is 72.1 Å². The van der Waals surface area contributed by atoms with Crippen LogP contribution in [0.25, 0.3) is 16.4 Å².